The Labute approximate surface area is 189 Å². The summed E-state index contributed by atoms with van der Waals surface area (Å²) in [6.45, 7) is -0.293. The van der Waals surface area contributed by atoms with Crippen LogP contribution in [0.3, 0.4) is 0 Å². The fourth-order valence-electron chi connectivity index (χ4n) is 4.03. The lowest BCUT2D eigenvalue weighted by atomic mass is 10.1. The molecule has 8 heteroatoms. The zero-order chi connectivity index (χ0) is 23.4. The van der Waals surface area contributed by atoms with E-state index in [2.05, 4.69) is 5.32 Å². The molecule has 0 aromatic heterocycles. The summed E-state index contributed by atoms with van der Waals surface area (Å²) in [5.74, 6) is -1.67. The van der Waals surface area contributed by atoms with Crippen molar-refractivity contribution in [2.24, 2.45) is 0 Å². The van der Waals surface area contributed by atoms with Crippen LogP contribution in [0.25, 0.3) is 10.8 Å². The SMILES string of the molecule is O=CC(CC(=O)O)NC(=O)[C@@H]1Cc2ccccc2N1C(=O)COc1cccc2ccccc12. The van der Waals surface area contributed by atoms with Crippen LogP contribution in [0.15, 0.2) is 66.7 Å². The number of carboxylic acid groups (broad SMARTS) is 1. The number of carboxylic acids is 1. The number of carbonyl (C=O) groups excluding carboxylic acids is 3. The van der Waals surface area contributed by atoms with E-state index in [0.717, 1.165) is 16.3 Å². The number of fused-ring (bicyclic) bond motifs is 2. The Bertz CT molecular complexity index is 1220. The number of para-hydroxylation sites is 1. The molecule has 4 rings (SSSR count). The Balaban J connectivity index is 1.54. The summed E-state index contributed by atoms with van der Waals surface area (Å²) in [6, 6.07) is 18.3. The minimum atomic E-state index is -1.21. The smallest absolute Gasteiger partial charge is 0.305 e. The van der Waals surface area contributed by atoms with Gasteiger partial charge in [-0.25, -0.2) is 0 Å². The van der Waals surface area contributed by atoms with Crippen molar-refractivity contribution in [3.63, 3.8) is 0 Å². The predicted molar refractivity (Wildman–Crippen MR) is 121 cm³/mol. The Morgan fingerprint density at radius 1 is 1.06 bits per heavy atom. The second-order valence-electron chi connectivity index (χ2n) is 7.73. The topological polar surface area (TPSA) is 113 Å². The Hall–Kier alpha value is -4.20. The van der Waals surface area contributed by atoms with Crippen LogP contribution in [0.1, 0.15) is 12.0 Å². The lowest BCUT2D eigenvalue weighted by Crippen LogP contribution is -2.52. The van der Waals surface area contributed by atoms with Crippen molar-refractivity contribution in [1.29, 1.82) is 0 Å². The molecular weight excluding hydrogens is 424 g/mol. The molecule has 2 amide bonds. The van der Waals surface area contributed by atoms with E-state index in [-0.39, 0.29) is 13.0 Å². The highest BCUT2D eigenvalue weighted by Gasteiger charge is 2.39. The van der Waals surface area contributed by atoms with Crippen LogP contribution >= 0.6 is 0 Å². The first-order valence-corrected chi connectivity index (χ1v) is 10.5. The van der Waals surface area contributed by atoms with E-state index < -0.39 is 36.3 Å². The van der Waals surface area contributed by atoms with Gasteiger partial charge in [-0.1, -0.05) is 54.6 Å². The number of nitrogens with one attached hydrogen (secondary N) is 1. The van der Waals surface area contributed by atoms with Crippen molar-refractivity contribution in [1.82, 2.24) is 5.32 Å². The monoisotopic (exact) mass is 446 g/mol. The molecule has 168 valence electrons. The number of hydrogen-bond acceptors (Lipinski definition) is 5. The van der Waals surface area contributed by atoms with Crippen LogP contribution in [-0.4, -0.2) is 47.9 Å². The minimum absolute atomic E-state index is 0.251. The summed E-state index contributed by atoms with van der Waals surface area (Å²) in [7, 11) is 0. The molecule has 2 N–H and O–H groups in total. The van der Waals surface area contributed by atoms with E-state index in [4.69, 9.17) is 9.84 Å². The Kier molecular flexibility index (Phi) is 6.35. The Morgan fingerprint density at radius 3 is 2.58 bits per heavy atom. The molecule has 0 saturated heterocycles. The van der Waals surface area contributed by atoms with Crippen molar-refractivity contribution in [3.05, 3.63) is 72.3 Å². The third-order valence-electron chi connectivity index (χ3n) is 5.53. The maximum absolute atomic E-state index is 13.2. The average Bonchev–Trinajstić information content (AvgIpc) is 3.21. The van der Waals surface area contributed by atoms with E-state index in [1.165, 1.54) is 4.90 Å². The maximum Gasteiger partial charge on any atom is 0.305 e. The quantitative estimate of drug-likeness (QED) is 0.514. The summed E-state index contributed by atoms with van der Waals surface area (Å²) in [4.78, 5) is 49.7. The fourth-order valence-corrected chi connectivity index (χ4v) is 4.03. The van der Waals surface area contributed by atoms with E-state index >= 15 is 0 Å². The van der Waals surface area contributed by atoms with E-state index in [0.29, 0.717) is 17.7 Å². The highest BCUT2D eigenvalue weighted by molar-refractivity contribution is 6.04. The molecule has 1 heterocycles. The molecule has 0 spiro atoms. The lowest BCUT2D eigenvalue weighted by Gasteiger charge is -2.26. The minimum Gasteiger partial charge on any atom is -0.483 e. The van der Waals surface area contributed by atoms with Gasteiger partial charge in [0.1, 0.15) is 18.1 Å². The molecule has 0 radical (unpaired) electrons. The molecule has 1 aliphatic rings. The van der Waals surface area contributed by atoms with Gasteiger partial charge in [0.25, 0.3) is 5.91 Å². The molecule has 2 atom stereocenters. The second-order valence-corrected chi connectivity index (χ2v) is 7.73. The first kappa shape index (κ1) is 22.0. The normalized spacial score (nSPS) is 15.5. The van der Waals surface area contributed by atoms with Gasteiger partial charge < -0.3 is 20.0 Å². The number of nitrogens with zero attached hydrogens (tertiary/aromatic N) is 1. The van der Waals surface area contributed by atoms with Gasteiger partial charge in [-0.3, -0.25) is 19.3 Å². The van der Waals surface area contributed by atoms with Crippen molar-refractivity contribution < 1.29 is 29.0 Å². The maximum atomic E-state index is 13.2. The molecule has 0 aliphatic carbocycles. The van der Waals surface area contributed by atoms with Gasteiger partial charge in [-0.15, -0.1) is 0 Å². The van der Waals surface area contributed by atoms with Crippen LogP contribution in [0.5, 0.6) is 5.75 Å². The number of amides is 2. The molecule has 0 bridgehead atoms. The van der Waals surface area contributed by atoms with Gasteiger partial charge in [0.2, 0.25) is 5.91 Å². The molecule has 3 aromatic rings. The lowest BCUT2D eigenvalue weighted by molar-refractivity contribution is -0.139. The average molecular weight is 446 g/mol. The van der Waals surface area contributed by atoms with Crippen LogP contribution in [-0.2, 0) is 25.6 Å². The number of aldehydes is 1. The first-order chi connectivity index (χ1) is 16.0. The van der Waals surface area contributed by atoms with Gasteiger partial charge in [-0.2, -0.15) is 0 Å². The molecule has 3 aromatic carbocycles. The van der Waals surface area contributed by atoms with Crippen LogP contribution in [0.4, 0.5) is 5.69 Å². The third kappa shape index (κ3) is 4.69. The Morgan fingerprint density at radius 2 is 1.79 bits per heavy atom. The van der Waals surface area contributed by atoms with Crippen LogP contribution < -0.4 is 15.0 Å². The van der Waals surface area contributed by atoms with E-state index in [1.807, 2.05) is 48.5 Å². The molecule has 0 fully saturated rings. The second kappa shape index (κ2) is 9.52. The number of anilines is 1. The number of benzene rings is 3. The summed E-state index contributed by atoms with van der Waals surface area (Å²) < 4.78 is 5.83. The fraction of sp³-hybridized carbons (Fsp3) is 0.200. The highest BCUT2D eigenvalue weighted by Crippen LogP contribution is 2.33. The van der Waals surface area contributed by atoms with Crippen molar-refractivity contribution in [2.75, 3.05) is 11.5 Å². The van der Waals surface area contributed by atoms with Gasteiger partial charge in [0.05, 0.1) is 12.5 Å². The molecule has 1 aliphatic heterocycles. The molecular formula is C25H22N2O6. The highest BCUT2D eigenvalue weighted by atomic mass is 16.5. The molecule has 8 nitrogen and oxygen atoms in total. The molecule has 33 heavy (non-hydrogen) atoms. The van der Waals surface area contributed by atoms with Crippen molar-refractivity contribution >= 4 is 40.5 Å². The number of rotatable bonds is 8. The van der Waals surface area contributed by atoms with Crippen molar-refractivity contribution in [2.45, 2.75) is 24.9 Å². The summed E-state index contributed by atoms with van der Waals surface area (Å²) in [5, 5.41) is 13.2. The zero-order valence-corrected chi connectivity index (χ0v) is 17.6. The van der Waals surface area contributed by atoms with Gasteiger partial charge in [-0.05, 0) is 23.1 Å². The summed E-state index contributed by atoms with van der Waals surface area (Å²) in [6.07, 6.45) is 0.0949. The number of aliphatic carboxylic acids is 1. The van der Waals surface area contributed by atoms with Crippen LogP contribution in [0, 0.1) is 0 Å². The van der Waals surface area contributed by atoms with E-state index in [9.17, 15) is 19.2 Å². The first-order valence-electron chi connectivity index (χ1n) is 10.5. The van der Waals surface area contributed by atoms with Gasteiger partial charge >= 0.3 is 5.97 Å². The largest absolute Gasteiger partial charge is 0.483 e. The molecule has 0 saturated carbocycles. The standard InChI is InChI=1S/C25H22N2O6/c28-14-18(13-24(30)31)26-25(32)21-12-17-7-2-4-10-20(17)27(21)23(29)15-33-22-11-5-8-16-6-1-3-9-19(16)22/h1-11,14,18,21H,12-13,15H2,(H,26,32)(H,30,31)/t18?,21-/m0/s1. The van der Waals surface area contributed by atoms with Crippen molar-refractivity contribution in [3.8, 4) is 5.75 Å². The number of hydrogen-bond donors (Lipinski definition) is 2. The van der Waals surface area contributed by atoms with E-state index in [1.54, 1.807) is 18.2 Å². The number of ether oxygens (including phenoxy) is 1. The van der Waals surface area contributed by atoms with Crippen LogP contribution in [0.2, 0.25) is 0 Å². The van der Waals surface area contributed by atoms with Gasteiger partial charge in [0.15, 0.2) is 6.61 Å². The molecule has 1 unspecified atom stereocenters. The van der Waals surface area contributed by atoms with Gasteiger partial charge in [0, 0.05) is 17.5 Å². The zero-order valence-electron chi connectivity index (χ0n) is 17.6. The predicted octanol–water partition coefficient (Wildman–Crippen LogP) is 2.33. The summed E-state index contributed by atoms with van der Waals surface area (Å²) >= 11 is 0. The third-order valence-corrected chi connectivity index (χ3v) is 5.53. The number of carbonyl (C=O) groups is 4. The summed E-state index contributed by atoms with van der Waals surface area (Å²) in [5.41, 5.74) is 1.39.